The number of likely N-dealkylation sites (tertiary alicyclic amines) is 1. The van der Waals surface area contributed by atoms with E-state index in [1.165, 1.54) is 11.1 Å². The van der Waals surface area contributed by atoms with Gasteiger partial charge in [0.2, 0.25) is 0 Å². The van der Waals surface area contributed by atoms with Crippen LogP contribution in [0.25, 0.3) is 11.0 Å². The molecule has 3 heterocycles. The Balaban J connectivity index is 1.54. The van der Waals surface area contributed by atoms with Crippen LogP contribution in [-0.2, 0) is 20.6 Å². The molecule has 0 unspecified atom stereocenters. The van der Waals surface area contributed by atoms with E-state index in [0.29, 0.717) is 5.56 Å². The van der Waals surface area contributed by atoms with Crippen molar-refractivity contribution in [1.29, 1.82) is 0 Å². The van der Waals surface area contributed by atoms with Crippen molar-refractivity contribution in [3.8, 4) is 0 Å². The highest BCUT2D eigenvalue weighted by Crippen LogP contribution is 2.27. The zero-order chi connectivity index (χ0) is 23.2. The van der Waals surface area contributed by atoms with Crippen molar-refractivity contribution in [2.24, 2.45) is 14.1 Å². The summed E-state index contributed by atoms with van der Waals surface area (Å²) in [5.41, 5.74) is 5.65. The third kappa shape index (κ3) is 3.95. The van der Waals surface area contributed by atoms with E-state index in [9.17, 15) is 9.59 Å². The second kappa shape index (κ2) is 8.50. The van der Waals surface area contributed by atoms with Gasteiger partial charge >= 0.3 is 5.69 Å². The molecule has 1 aromatic carbocycles. The molecule has 1 aliphatic heterocycles. The summed E-state index contributed by atoms with van der Waals surface area (Å²) in [6, 6.07) is 4.26. The Hall–Kier alpha value is -3.00. The highest BCUT2D eigenvalue weighted by atomic mass is 16.2. The SMILES string of the molecule is Cc1cc2c(cc1CN1CCC[C@@H](c3ncc(C(=O)N(C)C)c(C)n3)C1)n(C)c(=O)n2C. The highest BCUT2D eigenvalue weighted by Gasteiger charge is 2.25. The van der Waals surface area contributed by atoms with Crippen LogP contribution in [0.15, 0.2) is 23.1 Å². The monoisotopic (exact) mass is 436 g/mol. The zero-order valence-electron chi connectivity index (χ0n) is 19.8. The maximum absolute atomic E-state index is 12.3. The lowest BCUT2D eigenvalue weighted by molar-refractivity contribution is 0.0825. The molecule has 4 rings (SSSR count). The zero-order valence-corrected chi connectivity index (χ0v) is 19.8. The van der Waals surface area contributed by atoms with Crippen molar-refractivity contribution < 1.29 is 4.79 Å². The van der Waals surface area contributed by atoms with Crippen LogP contribution in [0.1, 0.15) is 51.8 Å². The molecule has 0 saturated carbocycles. The molecule has 1 aliphatic rings. The number of hydrogen-bond acceptors (Lipinski definition) is 5. The molecule has 0 N–H and O–H groups in total. The molecule has 32 heavy (non-hydrogen) atoms. The molecule has 1 saturated heterocycles. The van der Waals surface area contributed by atoms with Crippen LogP contribution in [-0.4, -0.2) is 62.0 Å². The van der Waals surface area contributed by atoms with E-state index in [4.69, 9.17) is 4.98 Å². The third-order valence-corrected chi connectivity index (χ3v) is 6.63. The molecule has 3 aromatic rings. The van der Waals surface area contributed by atoms with Gasteiger partial charge in [0.05, 0.1) is 22.3 Å². The molecule has 0 aliphatic carbocycles. The number of piperidine rings is 1. The predicted molar refractivity (Wildman–Crippen MR) is 125 cm³/mol. The average molecular weight is 437 g/mol. The number of carbonyl (C=O) groups is 1. The molecule has 1 fully saturated rings. The summed E-state index contributed by atoms with van der Waals surface area (Å²) in [6.07, 6.45) is 3.80. The Morgan fingerprint density at radius 2 is 1.84 bits per heavy atom. The molecule has 1 amide bonds. The normalized spacial score (nSPS) is 17.1. The van der Waals surface area contributed by atoms with E-state index in [1.54, 1.807) is 34.3 Å². The lowest BCUT2D eigenvalue weighted by Gasteiger charge is -2.32. The lowest BCUT2D eigenvalue weighted by atomic mass is 9.96. The van der Waals surface area contributed by atoms with Crippen molar-refractivity contribution in [2.75, 3.05) is 27.2 Å². The van der Waals surface area contributed by atoms with E-state index in [-0.39, 0.29) is 17.5 Å². The molecular weight excluding hydrogens is 404 g/mol. The smallest absolute Gasteiger partial charge is 0.328 e. The first kappa shape index (κ1) is 22.2. The maximum Gasteiger partial charge on any atom is 0.328 e. The summed E-state index contributed by atoms with van der Waals surface area (Å²) in [4.78, 5) is 37.9. The maximum atomic E-state index is 12.3. The quantitative estimate of drug-likeness (QED) is 0.628. The van der Waals surface area contributed by atoms with Gasteiger partial charge in [0.25, 0.3) is 5.91 Å². The number of fused-ring (bicyclic) bond motifs is 1. The number of hydrogen-bond donors (Lipinski definition) is 0. The van der Waals surface area contributed by atoms with E-state index < -0.39 is 0 Å². The third-order valence-electron chi connectivity index (χ3n) is 6.63. The van der Waals surface area contributed by atoms with Crippen LogP contribution in [0.5, 0.6) is 0 Å². The lowest BCUT2D eigenvalue weighted by Crippen LogP contribution is -2.35. The Morgan fingerprint density at radius 3 is 2.50 bits per heavy atom. The number of imidazole rings is 1. The summed E-state index contributed by atoms with van der Waals surface area (Å²) in [7, 11) is 7.12. The Bertz CT molecular complexity index is 1240. The van der Waals surface area contributed by atoms with Crippen molar-refractivity contribution in [2.45, 2.75) is 39.2 Å². The molecular formula is C24H32N6O2. The van der Waals surface area contributed by atoms with Crippen LogP contribution in [0.4, 0.5) is 0 Å². The summed E-state index contributed by atoms with van der Waals surface area (Å²) in [5, 5.41) is 0. The van der Waals surface area contributed by atoms with Crippen LogP contribution in [0, 0.1) is 13.8 Å². The minimum atomic E-state index is -0.0690. The first-order chi connectivity index (χ1) is 15.2. The van der Waals surface area contributed by atoms with E-state index in [0.717, 1.165) is 55.0 Å². The first-order valence-electron chi connectivity index (χ1n) is 11.1. The topological polar surface area (TPSA) is 76.3 Å². The summed E-state index contributed by atoms with van der Waals surface area (Å²) < 4.78 is 3.41. The fourth-order valence-corrected chi connectivity index (χ4v) is 4.65. The van der Waals surface area contributed by atoms with E-state index >= 15 is 0 Å². The molecule has 1 atom stereocenters. The summed E-state index contributed by atoms with van der Waals surface area (Å²) >= 11 is 0. The van der Waals surface area contributed by atoms with E-state index in [1.807, 2.05) is 21.0 Å². The van der Waals surface area contributed by atoms with Crippen molar-refractivity contribution >= 4 is 16.9 Å². The highest BCUT2D eigenvalue weighted by molar-refractivity contribution is 5.94. The van der Waals surface area contributed by atoms with Gasteiger partial charge in [-0.2, -0.15) is 0 Å². The first-order valence-corrected chi connectivity index (χ1v) is 11.1. The van der Waals surface area contributed by atoms with Gasteiger partial charge < -0.3 is 4.90 Å². The van der Waals surface area contributed by atoms with Gasteiger partial charge in [-0.15, -0.1) is 0 Å². The number of nitrogens with zero attached hydrogens (tertiary/aromatic N) is 6. The number of benzene rings is 1. The fourth-order valence-electron chi connectivity index (χ4n) is 4.65. The molecule has 0 spiro atoms. The Labute approximate surface area is 188 Å². The van der Waals surface area contributed by atoms with Gasteiger partial charge in [0.1, 0.15) is 5.82 Å². The molecule has 2 aromatic heterocycles. The van der Waals surface area contributed by atoms with E-state index in [2.05, 4.69) is 28.9 Å². The predicted octanol–water partition coefficient (Wildman–Crippen LogP) is 2.37. The average Bonchev–Trinajstić information content (AvgIpc) is 2.97. The second-order valence-corrected chi connectivity index (χ2v) is 9.17. The number of carbonyl (C=O) groups excluding carboxylic acids is 1. The van der Waals surface area contributed by atoms with Crippen LogP contribution < -0.4 is 5.69 Å². The fraction of sp³-hybridized carbons (Fsp3) is 0.500. The standard InChI is InChI=1S/C24H32N6O2/c1-15-10-20-21(29(6)24(32)28(20)5)11-18(15)14-30-9-7-8-17(13-30)22-25-12-19(16(2)26-22)23(31)27(3)4/h10-12,17H,7-9,13-14H2,1-6H3/t17-/m1/s1. The van der Waals surface area contributed by atoms with Gasteiger partial charge in [-0.25, -0.2) is 14.8 Å². The second-order valence-electron chi connectivity index (χ2n) is 9.17. The number of aryl methyl sites for hydroxylation is 4. The van der Waals surface area contributed by atoms with Gasteiger partial charge in [0, 0.05) is 53.4 Å². The summed E-state index contributed by atoms with van der Waals surface area (Å²) in [5.74, 6) is 0.997. The van der Waals surface area contributed by atoms with Crippen LogP contribution in [0.2, 0.25) is 0 Å². The van der Waals surface area contributed by atoms with Gasteiger partial charge in [-0.3, -0.25) is 18.8 Å². The van der Waals surface area contributed by atoms with Crippen molar-refractivity contribution in [3.63, 3.8) is 0 Å². The number of rotatable bonds is 4. The number of amides is 1. The molecule has 8 nitrogen and oxygen atoms in total. The van der Waals surface area contributed by atoms with Crippen molar-refractivity contribution in [1.82, 2.24) is 28.9 Å². The Kier molecular flexibility index (Phi) is 5.90. The van der Waals surface area contributed by atoms with Crippen molar-refractivity contribution in [3.05, 3.63) is 57.0 Å². The van der Waals surface area contributed by atoms with Crippen LogP contribution >= 0.6 is 0 Å². The number of aromatic nitrogens is 4. The molecule has 0 bridgehead atoms. The largest absolute Gasteiger partial charge is 0.345 e. The Morgan fingerprint density at radius 1 is 1.16 bits per heavy atom. The minimum Gasteiger partial charge on any atom is -0.345 e. The molecule has 170 valence electrons. The van der Waals surface area contributed by atoms with Gasteiger partial charge in [-0.05, 0) is 56.5 Å². The minimum absolute atomic E-state index is 0.00157. The van der Waals surface area contributed by atoms with Crippen LogP contribution in [0.3, 0.4) is 0 Å². The molecule has 0 radical (unpaired) electrons. The molecule has 8 heteroatoms. The van der Waals surface area contributed by atoms with Gasteiger partial charge in [-0.1, -0.05) is 0 Å². The van der Waals surface area contributed by atoms with Gasteiger partial charge in [0.15, 0.2) is 0 Å². The summed E-state index contributed by atoms with van der Waals surface area (Å²) in [6.45, 7) is 6.73.